The summed E-state index contributed by atoms with van der Waals surface area (Å²) in [6, 6.07) is 11.5. The predicted octanol–water partition coefficient (Wildman–Crippen LogP) is 1.92. The fourth-order valence-corrected chi connectivity index (χ4v) is 2.94. The summed E-state index contributed by atoms with van der Waals surface area (Å²) >= 11 is 0. The first kappa shape index (κ1) is 17.0. The second-order valence-corrected chi connectivity index (χ2v) is 6.61. The van der Waals surface area contributed by atoms with E-state index in [1.165, 1.54) is 0 Å². The molecule has 0 aliphatic carbocycles. The summed E-state index contributed by atoms with van der Waals surface area (Å²) in [4.78, 5) is 25.0. The highest BCUT2D eigenvalue weighted by Gasteiger charge is 2.42. The number of amides is 2. The molecule has 2 N–H and O–H groups in total. The minimum Gasteiger partial charge on any atom is -0.481 e. The topological polar surface area (TPSA) is 87.5 Å². The van der Waals surface area contributed by atoms with Crippen LogP contribution in [0.4, 0.5) is 4.79 Å². The van der Waals surface area contributed by atoms with Crippen molar-refractivity contribution in [3.63, 3.8) is 0 Å². The van der Waals surface area contributed by atoms with Crippen LogP contribution in [-0.2, 0) is 11.2 Å². The molecule has 2 amide bonds. The average molecular weight is 342 g/mol. The number of rotatable bonds is 5. The number of benzene rings is 1. The van der Waals surface area contributed by atoms with Crippen LogP contribution in [0.25, 0.3) is 5.69 Å². The quantitative estimate of drug-likeness (QED) is 0.869. The van der Waals surface area contributed by atoms with Crippen molar-refractivity contribution < 1.29 is 14.7 Å². The standard InChI is InChI=1S/C18H22N4O3/c1-18(16(23)24)9-12-21(13-18)17(25)19-10-7-14-8-11-22(20-14)15-5-3-2-4-6-15/h2-6,8,11H,7,9-10,12-13H2,1H3,(H,19,25)(H,23,24). The fourth-order valence-electron chi connectivity index (χ4n) is 2.94. The van der Waals surface area contributed by atoms with Gasteiger partial charge in [-0.1, -0.05) is 18.2 Å². The summed E-state index contributed by atoms with van der Waals surface area (Å²) in [6.45, 7) is 2.86. The van der Waals surface area contributed by atoms with Gasteiger partial charge in [-0.15, -0.1) is 0 Å². The van der Waals surface area contributed by atoms with Crippen molar-refractivity contribution in [2.45, 2.75) is 19.8 Å². The van der Waals surface area contributed by atoms with Gasteiger partial charge in [0, 0.05) is 32.3 Å². The number of aliphatic carboxylic acids is 1. The van der Waals surface area contributed by atoms with Gasteiger partial charge in [0.25, 0.3) is 0 Å². The second-order valence-electron chi connectivity index (χ2n) is 6.61. The van der Waals surface area contributed by atoms with Crippen molar-refractivity contribution >= 4 is 12.0 Å². The molecule has 1 aromatic carbocycles. The summed E-state index contributed by atoms with van der Waals surface area (Å²) in [5.41, 5.74) is 1.04. The van der Waals surface area contributed by atoms with Gasteiger partial charge < -0.3 is 15.3 Å². The molecule has 1 aromatic heterocycles. The predicted molar refractivity (Wildman–Crippen MR) is 92.6 cm³/mol. The number of carbonyl (C=O) groups is 2. The molecule has 25 heavy (non-hydrogen) atoms. The van der Waals surface area contributed by atoms with E-state index in [4.69, 9.17) is 0 Å². The smallest absolute Gasteiger partial charge is 0.317 e. The normalized spacial score (nSPS) is 19.8. The highest BCUT2D eigenvalue weighted by Crippen LogP contribution is 2.29. The molecule has 1 unspecified atom stereocenters. The molecule has 0 spiro atoms. The maximum Gasteiger partial charge on any atom is 0.317 e. The van der Waals surface area contributed by atoms with Gasteiger partial charge >= 0.3 is 12.0 Å². The maximum absolute atomic E-state index is 12.2. The molecule has 1 atom stereocenters. The SMILES string of the molecule is CC1(C(=O)O)CCN(C(=O)NCCc2ccn(-c3ccccc3)n2)C1. The molecule has 2 heterocycles. The van der Waals surface area contributed by atoms with E-state index in [0.717, 1.165) is 11.4 Å². The van der Waals surface area contributed by atoms with Crippen LogP contribution in [0, 0.1) is 5.41 Å². The van der Waals surface area contributed by atoms with Gasteiger partial charge in [-0.3, -0.25) is 4.79 Å². The number of carboxylic acid groups (broad SMARTS) is 1. The Morgan fingerprint density at radius 1 is 1.28 bits per heavy atom. The van der Waals surface area contributed by atoms with Crippen LogP contribution in [0.5, 0.6) is 0 Å². The summed E-state index contributed by atoms with van der Waals surface area (Å²) in [5, 5.41) is 16.6. The molecule has 1 saturated heterocycles. The van der Waals surface area contributed by atoms with Crippen molar-refractivity contribution in [1.82, 2.24) is 20.0 Å². The van der Waals surface area contributed by atoms with Crippen molar-refractivity contribution in [2.75, 3.05) is 19.6 Å². The largest absolute Gasteiger partial charge is 0.481 e. The Morgan fingerprint density at radius 3 is 2.72 bits per heavy atom. The summed E-state index contributed by atoms with van der Waals surface area (Å²) in [6.07, 6.45) is 3.00. The zero-order valence-electron chi connectivity index (χ0n) is 14.2. The van der Waals surface area contributed by atoms with E-state index in [1.807, 2.05) is 42.6 Å². The summed E-state index contributed by atoms with van der Waals surface area (Å²) in [7, 11) is 0. The van der Waals surface area contributed by atoms with Crippen molar-refractivity contribution in [1.29, 1.82) is 0 Å². The lowest BCUT2D eigenvalue weighted by atomic mass is 9.90. The number of para-hydroxylation sites is 1. The number of likely N-dealkylation sites (tertiary alicyclic amines) is 1. The van der Waals surface area contributed by atoms with E-state index in [0.29, 0.717) is 25.9 Å². The second kappa shape index (κ2) is 6.96. The van der Waals surface area contributed by atoms with Crippen LogP contribution < -0.4 is 5.32 Å². The van der Waals surface area contributed by atoms with Gasteiger partial charge in [-0.05, 0) is 31.5 Å². The van der Waals surface area contributed by atoms with E-state index in [2.05, 4.69) is 10.4 Å². The Kier molecular flexibility index (Phi) is 4.74. The number of urea groups is 1. The average Bonchev–Trinajstić information content (AvgIpc) is 3.23. The molecule has 1 aliphatic heterocycles. The minimum absolute atomic E-state index is 0.215. The fraction of sp³-hybridized carbons (Fsp3) is 0.389. The van der Waals surface area contributed by atoms with E-state index in [-0.39, 0.29) is 12.6 Å². The molecule has 1 aliphatic rings. The molecule has 1 fully saturated rings. The number of hydrogen-bond donors (Lipinski definition) is 2. The van der Waals surface area contributed by atoms with Crippen molar-refractivity contribution in [3.8, 4) is 5.69 Å². The third-order valence-corrected chi connectivity index (χ3v) is 4.60. The lowest BCUT2D eigenvalue weighted by molar-refractivity contribution is -0.146. The molecular weight excluding hydrogens is 320 g/mol. The van der Waals surface area contributed by atoms with Gasteiger partial charge in [-0.2, -0.15) is 5.10 Å². The first-order valence-corrected chi connectivity index (χ1v) is 8.34. The Morgan fingerprint density at radius 2 is 2.04 bits per heavy atom. The number of nitrogens with one attached hydrogen (secondary N) is 1. The molecular formula is C18H22N4O3. The molecule has 132 valence electrons. The minimum atomic E-state index is -0.853. The van der Waals surface area contributed by atoms with Gasteiger partial charge in [0.1, 0.15) is 0 Å². The zero-order valence-corrected chi connectivity index (χ0v) is 14.2. The molecule has 0 radical (unpaired) electrons. The molecule has 2 aromatic rings. The van der Waals surface area contributed by atoms with Crippen LogP contribution in [0.3, 0.4) is 0 Å². The van der Waals surface area contributed by atoms with E-state index in [9.17, 15) is 14.7 Å². The Bertz CT molecular complexity index is 759. The van der Waals surface area contributed by atoms with E-state index >= 15 is 0 Å². The number of hydrogen-bond acceptors (Lipinski definition) is 3. The van der Waals surface area contributed by atoms with Crippen molar-refractivity contribution in [2.24, 2.45) is 5.41 Å². The van der Waals surface area contributed by atoms with Crippen LogP contribution in [0.15, 0.2) is 42.6 Å². The third kappa shape index (κ3) is 3.81. The summed E-state index contributed by atoms with van der Waals surface area (Å²) < 4.78 is 1.80. The van der Waals surface area contributed by atoms with Gasteiger partial charge in [-0.25, -0.2) is 9.48 Å². The number of carboxylic acids is 1. The van der Waals surface area contributed by atoms with Gasteiger partial charge in [0.2, 0.25) is 0 Å². The summed E-state index contributed by atoms with van der Waals surface area (Å²) in [5.74, 6) is -0.853. The van der Waals surface area contributed by atoms with Crippen LogP contribution in [0.2, 0.25) is 0 Å². The third-order valence-electron chi connectivity index (χ3n) is 4.60. The number of carbonyl (C=O) groups excluding carboxylic acids is 1. The lowest BCUT2D eigenvalue weighted by Gasteiger charge is -2.20. The molecule has 7 nitrogen and oxygen atoms in total. The van der Waals surface area contributed by atoms with Crippen LogP contribution in [0.1, 0.15) is 19.0 Å². The van der Waals surface area contributed by atoms with Crippen LogP contribution >= 0.6 is 0 Å². The molecule has 0 saturated carbocycles. The highest BCUT2D eigenvalue weighted by molar-refractivity contribution is 5.79. The Hall–Kier alpha value is -2.83. The molecule has 0 bridgehead atoms. The van der Waals surface area contributed by atoms with Gasteiger partial charge in [0.15, 0.2) is 0 Å². The maximum atomic E-state index is 12.2. The first-order chi connectivity index (χ1) is 12.0. The van der Waals surface area contributed by atoms with Gasteiger partial charge in [0.05, 0.1) is 16.8 Å². The Balaban J connectivity index is 1.48. The monoisotopic (exact) mass is 342 g/mol. The lowest BCUT2D eigenvalue weighted by Crippen LogP contribution is -2.41. The van der Waals surface area contributed by atoms with Crippen molar-refractivity contribution in [3.05, 3.63) is 48.3 Å². The Labute approximate surface area is 146 Å². The number of aromatic nitrogens is 2. The molecule has 3 rings (SSSR count). The zero-order chi connectivity index (χ0) is 17.9. The number of nitrogens with zero attached hydrogens (tertiary/aromatic N) is 3. The van der Waals surface area contributed by atoms with E-state index in [1.54, 1.807) is 16.5 Å². The molecule has 7 heteroatoms. The highest BCUT2D eigenvalue weighted by atomic mass is 16.4. The van der Waals surface area contributed by atoms with Crippen LogP contribution in [-0.4, -0.2) is 51.4 Å². The van der Waals surface area contributed by atoms with E-state index < -0.39 is 11.4 Å². The first-order valence-electron chi connectivity index (χ1n) is 8.34.